The molecule has 0 atom stereocenters. The highest BCUT2D eigenvalue weighted by molar-refractivity contribution is 7.98. The zero-order valence-corrected chi connectivity index (χ0v) is 12.2. The number of nitro benzene ring substituents is 1. The van der Waals surface area contributed by atoms with E-state index in [0.717, 1.165) is 16.1 Å². The zero-order valence-electron chi connectivity index (χ0n) is 11.4. The maximum Gasteiger partial charge on any atom is 0.269 e. The van der Waals surface area contributed by atoms with Crippen molar-refractivity contribution >= 4 is 29.0 Å². The fourth-order valence-corrected chi connectivity index (χ4v) is 2.29. The molecule has 0 bridgehead atoms. The second-order valence-corrected chi connectivity index (χ2v) is 5.26. The first-order chi connectivity index (χ1) is 10.1. The fourth-order valence-electron chi connectivity index (χ4n) is 1.83. The number of carbonyl (C=O) groups is 1. The number of amides is 1. The topological polar surface area (TPSA) is 72.2 Å². The van der Waals surface area contributed by atoms with Crippen molar-refractivity contribution in [2.24, 2.45) is 0 Å². The molecule has 108 valence electrons. The highest BCUT2D eigenvalue weighted by Gasteiger charge is 2.08. The van der Waals surface area contributed by atoms with Crippen molar-refractivity contribution in [1.29, 1.82) is 0 Å². The van der Waals surface area contributed by atoms with Gasteiger partial charge in [-0.3, -0.25) is 14.9 Å². The summed E-state index contributed by atoms with van der Waals surface area (Å²) in [5.74, 6) is -0.151. The molecule has 0 aliphatic heterocycles. The van der Waals surface area contributed by atoms with Crippen molar-refractivity contribution < 1.29 is 9.72 Å². The van der Waals surface area contributed by atoms with E-state index in [1.165, 1.54) is 12.1 Å². The summed E-state index contributed by atoms with van der Waals surface area (Å²) in [5, 5.41) is 13.4. The van der Waals surface area contributed by atoms with Gasteiger partial charge >= 0.3 is 0 Å². The Morgan fingerprint density at radius 2 is 1.95 bits per heavy atom. The van der Waals surface area contributed by atoms with Gasteiger partial charge in [0.05, 0.1) is 11.3 Å². The molecule has 2 aromatic carbocycles. The Morgan fingerprint density at radius 1 is 1.24 bits per heavy atom. The number of non-ortho nitro benzene ring substituents is 1. The van der Waals surface area contributed by atoms with Crippen LogP contribution in [0.1, 0.15) is 5.56 Å². The maximum absolute atomic E-state index is 11.9. The average Bonchev–Trinajstić information content (AvgIpc) is 2.47. The summed E-state index contributed by atoms with van der Waals surface area (Å²) < 4.78 is 0. The normalized spacial score (nSPS) is 10.1. The van der Waals surface area contributed by atoms with E-state index in [0.29, 0.717) is 0 Å². The number of rotatable bonds is 5. The van der Waals surface area contributed by atoms with Crippen molar-refractivity contribution in [1.82, 2.24) is 0 Å². The number of nitro groups is 1. The van der Waals surface area contributed by atoms with Crippen LogP contribution in [-0.2, 0) is 11.2 Å². The lowest BCUT2D eigenvalue weighted by Crippen LogP contribution is -2.14. The van der Waals surface area contributed by atoms with Gasteiger partial charge in [0, 0.05) is 22.7 Å². The molecule has 0 spiro atoms. The minimum atomic E-state index is -0.461. The van der Waals surface area contributed by atoms with Crippen molar-refractivity contribution in [3.63, 3.8) is 0 Å². The third-order valence-corrected chi connectivity index (χ3v) is 3.59. The molecule has 21 heavy (non-hydrogen) atoms. The summed E-state index contributed by atoms with van der Waals surface area (Å²) in [7, 11) is 0. The summed E-state index contributed by atoms with van der Waals surface area (Å²) in [6.45, 7) is 0. The van der Waals surface area contributed by atoms with E-state index in [2.05, 4.69) is 5.32 Å². The molecule has 5 nitrogen and oxygen atoms in total. The van der Waals surface area contributed by atoms with Crippen LogP contribution in [0.15, 0.2) is 53.4 Å². The number of hydrogen-bond acceptors (Lipinski definition) is 4. The molecular formula is C15H14N2O3S. The van der Waals surface area contributed by atoms with Crippen LogP contribution in [0.2, 0.25) is 0 Å². The van der Waals surface area contributed by atoms with Crippen molar-refractivity contribution in [2.45, 2.75) is 11.3 Å². The summed E-state index contributed by atoms with van der Waals surface area (Å²) in [4.78, 5) is 23.1. The number of hydrogen-bond donors (Lipinski definition) is 1. The second-order valence-electron chi connectivity index (χ2n) is 4.38. The Hall–Kier alpha value is -2.34. The Balaban J connectivity index is 1.99. The molecule has 0 unspecified atom stereocenters. The van der Waals surface area contributed by atoms with Crippen LogP contribution in [0, 0.1) is 10.1 Å². The molecule has 0 aromatic heterocycles. The molecule has 1 amide bonds. The van der Waals surface area contributed by atoms with Crippen LogP contribution in [0.4, 0.5) is 11.4 Å². The Labute approximate surface area is 126 Å². The molecule has 0 saturated heterocycles. The van der Waals surface area contributed by atoms with Gasteiger partial charge in [-0.1, -0.05) is 18.2 Å². The molecule has 0 radical (unpaired) electrons. The predicted octanol–water partition coefficient (Wildman–Crippen LogP) is 3.50. The van der Waals surface area contributed by atoms with Gasteiger partial charge in [-0.15, -0.1) is 11.8 Å². The lowest BCUT2D eigenvalue weighted by molar-refractivity contribution is -0.384. The van der Waals surface area contributed by atoms with Gasteiger partial charge in [0.15, 0.2) is 0 Å². The summed E-state index contributed by atoms with van der Waals surface area (Å²) in [5.41, 5.74) is 1.50. The van der Waals surface area contributed by atoms with Crippen LogP contribution in [-0.4, -0.2) is 17.1 Å². The summed E-state index contributed by atoms with van der Waals surface area (Å²) in [6, 6.07) is 13.6. The molecule has 2 rings (SSSR count). The Bertz CT molecular complexity index is 656. The summed E-state index contributed by atoms with van der Waals surface area (Å²) in [6.07, 6.45) is 2.15. The third kappa shape index (κ3) is 4.32. The smallest absolute Gasteiger partial charge is 0.269 e. The minimum Gasteiger partial charge on any atom is -0.326 e. The van der Waals surface area contributed by atoms with Crippen LogP contribution >= 0.6 is 11.8 Å². The Kier molecular flexibility index (Phi) is 4.94. The second kappa shape index (κ2) is 6.90. The summed E-state index contributed by atoms with van der Waals surface area (Å²) >= 11 is 1.60. The number of anilines is 1. The average molecular weight is 302 g/mol. The molecule has 1 N–H and O–H groups in total. The van der Waals surface area contributed by atoms with E-state index in [-0.39, 0.29) is 18.0 Å². The Morgan fingerprint density at radius 3 is 2.57 bits per heavy atom. The number of nitrogens with one attached hydrogen (secondary N) is 1. The van der Waals surface area contributed by atoms with E-state index < -0.39 is 4.92 Å². The van der Waals surface area contributed by atoms with Crippen molar-refractivity contribution in [3.05, 3.63) is 64.2 Å². The minimum absolute atomic E-state index is 0.0202. The zero-order chi connectivity index (χ0) is 15.2. The van der Waals surface area contributed by atoms with Crippen LogP contribution in [0.5, 0.6) is 0 Å². The number of thioether (sulfide) groups is 1. The van der Waals surface area contributed by atoms with Crippen molar-refractivity contribution in [2.75, 3.05) is 11.6 Å². The standard InChI is InChI=1S/C15H14N2O3S/c1-21-14-4-2-3-12(10-14)16-15(18)9-11-5-7-13(8-6-11)17(19)20/h2-8,10H,9H2,1H3,(H,16,18). The van der Waals surface area contributed by atoms with E-state index in [4.69, 9.17) is 0 Å². The quantitative estimate of drug-likeness (QED) is 0.521. The molecular weight excluding hydrogens is 288 g/mol. The number of benzene rings is 2. The van der Waals surface area contributed by atoms with Crippen LogP contribution in [0.3, 0.4) is 0 Å². The number of nitrogens with zero attached hydrogens (tertiary/aromatic N) is 1. The van der Waals surface area contributed by atoms with Gasteiger partial charge in [0.1, 0.15) is 0 Å². The molecule has 0 saturated carbocycles. The molecule has 0 heterocycles. The van der Waals surface area contributed by atoms with Crippen LogP contribution in [0.25, 0.3) is 0 Å². The highest BCUT2D eigenvalue weighted by Crippen LogP contribution is 2.19. The first-order valence-corrected chi connectivity index (χ1v) is 7.48. The van der Waals surface area contributed by atoms with Gasteiger partial charge in [-0.05, 0) is 30.0 Å². The van der Waals surface area contributed by atoms with Gasteiger partial charge in [-0.25, -0.2) is 0 Å². The van der Waals surface area contributed by atoms with Gasteiger partial charge in [0.2, 0.25) is 5.91 Å². The SMILES string of the molecule is CSc1cccc(NC(=O)Cc2ccc([N+](=O)[O-])cc2)c1. The largest absolute Gasteiger partial charge is 0.326 e. The fraction of sp³-hybridized carbons (Fsp3) is 0.133. The third-order valence-electron chi connectivity index (χ3n) is 2.87. The lowest BCUT2D eigenvalue weighted by Gasteiger charge is -2.06. The van der Waals surface area contributed by atoms with E-state index >= 15 is 0 Å². The molecule has 0 aliphatic carbocycles. The lowest BCUT2D eigenvalue weighted by atomic mass is 10.1. The first-order valence-electron chi connectivity index (χ1n) is 6.26. The first kappa shape index (κ1) is 15.1. The van der Waals surface area contributed by atoms with Gasteiger partial charge in [-0.2, -0.15) is 0 Å². The maximum atomic E-state index is 11.9. The van der Waals surface area contributed by atoms with Gasteiger partial charge < -0.3 is 5.32 Å². The van der Waals surface area contributed by atoms with E-state index in [1.54, 1.807) is 23.9 Å². The highest BCUT2D eigenvalue weighted by atomic mass is 32.2. The van der Waals surface area contributed by atoms with E-state index in [9.17, 15) is 14.9 Å². The number of carbonyl (C=O) groups excluding carboxylic acids is 1. The molecule has 6 heteroatoms. The molecule has 0 fully saturated rings. The van der Waals surface area contributed by atoms with Crippen molar-refractivity contribution in [3.8, 4) is 0 Å². The monoisotopic (exact) mass is 302 g/mol. The molecule has 0 aliphatic rings. The van der Waals surface area contributed by atoms with Gasteiger partial charge in [0.25, 0.3) is 5.69 Å². The van der Waals surface area contributed by atoms with Crippen LogP contribution < -0.4 is 5.32 Å². The van der Waals surface area contributed by atoms with E-state index in [1.807, 2.05) is 30.5 Å². The molecule has 2 aromatic rings. The predicted molar refractivity (Wildman–Crippen MR) is 83.7 cm³/mol.